The topological polar surface area (TPSA) is 62.7 Å². The Morgan fingerprint density at radius 3 is 2.94 bits per heavy atom. The Kier molecular flexibility index (Phi) is 4.57. The van der Waals surface area contributed by atoms with Crippen molar-refractivity contribution in [1.82, 2.24) is 10.1 Å². The fraction of sp³-hybridized carbons (Fsp3) is 0.750. The van der Waals surface area contributed by atoms with Gasteiger partial charge in [-0.2, -0.15) is 22.0 Å². The molecule has 1 aliphatic heterocycles. The summed E-state index contributed by atoms with van der Waals surface area (Å²) >= 11 is 3.88. The number of hydrogen-bond donors (Lipinski definition) is 0. The molecule has 1 aromatic heterocycles. The van der Waals surface area contributed by atoms with Gasteiger partial charge in [-0.1, -0.05) is 19.0 Å². The molecule has 0 saturated carbocycles. The van der Waals surface area contributed by atoms with Gasteiger partial charge in [-0.15, -0.1) is 11.8 Å². The van der Waals surface area contributed by atoms with E-state index in [0.29, 0.717) is 28.1 Å². The van der Waals surface area contributed by atoms with E-state index in [1.54, 1.807) is 0 Å². The summed E-state index contributed by atoms with van der Waals surface area (Å²) in [5.41, 5.74) is 0. The maximum Gasteiger partial charge on any atom is 0.227 e. The Morgan fingerprint density at radius 1 is 1.50 bits per heavy atom. The van der Waals surface area contributed by atoms with Crippen molar-refractivity contribution < 1.29 is 4.52 Å². The highest BCUT2D eigenvalue weighted by molar-refractivity contribution is 8.07. The smallest absolute Gasteiger partial charge is 0.227 e. The molecule has 0 spiro atoms. The van der Waals surface area contributed by atoms with Gasteiger partial charge in [0.1, 0.15) is 0 Å². The third-order valence-corrected chi connectivity index (χ3v) is 6.41. The first kappa shape index (κ1) is 13.8. The summed E-state index contributed by atoms with van der Waals surface area (Å²) in [4.78, 5) is 4.42. The third-order valence-electron chi connectivity index (χ3n) is 3.02. The van der Waals surface area contributed by atoms with Gasteiger partial charge in [0, 0.05) is 22.7 Å². The van der Waals surface area contributed by atoms with Crippen molar-refractivity contribution in [3.8, 4) is 6.07 Å². The molecule has 2 heterocycles. The van der Waals surface area contributed by atoms with Gasteiger partial charge in [-0.3, -0.25) is 0 Å². The quantitative estimate of drug-likeness (QED) is 0.849. The molecule has 0 aliphatic carbocycles. The Labute approximate surface area is 116 Å². The molecular weight excluding hydrogens is 266 g/mol. The fourth-order valence-corrected chi connectivity index (χ4v) is 4.54. The van der Waals surface area contributed by atoms with Crippen LogP contribution in [0.5, 0.6) is 0 Å². The first-order chi connectivity index (χ1) is 8.60. The molecule has 0 radical (unpaired) electrons. The Morgan fingerprint density at radius 2 is 2.28 bits per heavy atom. The zero-order valence-electron chi connectivity index (χ0n) is 10.8. The van der Waals surface area contributed by atoms with E-state index in [9.17, 15) is 0 Å². The summed E-state index contributed by atoms with van der Waals surface area (Å²) in [6.45, 7) is 6.36. The molecular formula is C12H17N3OS2. The van der Waals surface area contributed by atoms with Gasteiger partial charge >= 0.3 is 0 Å². The van der Waals surface area contributed by atoms with Gasteiger partial charge in [0.05, 0.1) is 17.2 Å². The van der Waals surface area contributed by atoms with Gasteiger partial charge in [0.25, 0.3) is 0 Å². The van der Waals surface area contributed by atoms with Crippen LogP contribution in [0.15, 0.2) is 4.52 Å². The van der Waals surface area contributed by atoms with E-state index in [1.807, 2.05) is 30.4 Å². The van der Waals surface area contributed by atoms with Crippen LogP contribution < -0.4 is 0 Å². The number of nitrogens with zero attached hydrogens (tertiary/aromatic N) is 3. The maximum absolute atomic E-state index is 8.77. The molecule has 2 rings (SSSR count). The van der Waals surface area contributed by atoms with Crippen LogP contribution >= 0.6 is 23.5 Å². The second-order valence-electron chi connectivity index (χ2n) is 4.65. The molecule has 18 heavy (non-hydrogen) atoms. The zero-order chi connectivity index (χ0) is 13.1. The molecule has 4 unspecified atom stereocenters. The van der Waals surface area contributed by atoms with Crippen LogP contribution in [0.1, 0.15) is 37.7 Å². The molecule has 4 atom stereocenters. The lowest BCUT2D eigenvalue weighted by molar-refractivity contribution is 0.364. The lowest BCUT2D eigenvalue weighted by Crippen LogP contribution is -2.22. The second-order valence-corrected chi connectivity index (χ2v) is 7.64. The normalized spacial score (nSPS) is 29.8. The van der Waals surface area contributed by atoms with E-state index in [4.69, 9.17) is 9.78 Å². The average molecular weight is 283 g/mol. The van der Waals surface area contributed by atoms with Crippen LogP contribution in [0, 0.1) is 17.2 Å². The monoisotopic (exact) mass is 283 g/mol. The number of hydrogen-bond acceptors (Lipinski definition) is 6. The third kappa shape index (κ3) is 3.21. The van der Waals surface area contributed by atoms with Gasteiger partial charge in [-0.05, 0) is 6.92 Å². The van der Waals surface area contributed by atoms with Crippen molar-refractivity contribution in [2.24, 2.45) is 5.92 Å². The van der Waals surface area contributed by atoms with Gasteiger partial charge < -0.3 is 4.52 Å². The first-order valence-corrected chi connectivity index (χ1v) is 8.08. The van der Waals surface area contributed by atoms with E-state index >= 15 is 0 Å². The second kappa shape index (κ2) is 5.98. The van der Waals surface area contributed by atoms with E-state index in [1.165, 1.54) is 0 Å². The minimum absolute atomic E-state index is 0.0781. The predicted molar refractivity (Wildman–Crippen MR) is 74.5 cm³/mol. The summed E-state index contributed by atoms with van der Waals surface area (Å²) < 4.78 is 5.22. The summed E-state index contributed by atoms with van der Waals surface area (Å²) in [5, 5.41) is 14.4. The Bertz CT molecular complexity index is 443. The summed E-state index contributed by atoms with van der Waals surface area (Å²) in [5.74, 6) is 2.32. The molecule has 1 aliphatic rings. The van der Waals surface area contributed by atoms with Crippen molar-refractivity contribution in [2.45, 2.75) is 42.9 Å². The van der Waals surface area contributed by atoms with Crippen molar-refractivity contribution in [1.29, 1.82) is 5.26 Å². The van der Waals surface area contributed by atoms with E-state index in [-0.39, 0.29) is 5.92 Å². The van der Waals surface area contributed by atoms with Crippen LogP contribution in [0.3, 0.4) is 0 Å². The molecule has 98 valence electrons. The molecule has 0 N–H and O–H groups in total. The zero-order valence-corrected chi connectivity index (χ0v) is 12.4. The Hall–Kier alpha value is -0.670. The minimum Gasteiger partial charge on any atom is -0.339 e. The van der Waals surface area contributed by atoms with Gasteiger partial charge in [0.15, 0.2) is 5.82 Å². The number of nitriles is 1. The van der Waals surface area contributed by atoms with Crippen LogP contribution in [0.25, 0.3) is 0 Å². The largest absolute Gasteiger partial charge is 0.339 e. The van der Waals surface area contributed by atoms with Crippen molar-refractivity contribution in [3.05, 3.63) is 11.7 Å². The summed E-state index contributed by atoms with van der Waals surface area (Å²) in [6.07, 6.45) is 0.542. The maximum atomic E-state index is 8.77. The highest BCUT2D eigenvalue weighted by atomic mass is 32.2. The van der Waals surface area contributed by atoms with Crippen molar-refractivity contribution in [2.75, 3.05) is 5.75 Å². The number of aromatic nitrogens is 2. The van der Waals surface area contributed by atoms with Crippen molar-refractivity contribution >= 4 is 23.5 Å². The van der Waals surface area contributed by atoms with Crippen LogP contribution in [-0.2, 0) is 6.42 Å². The number of thioether (sulfide) groups is 2. The van der Waals surface area contributed by atoms with Crippen LogP contribution in [0.2, 0.25) is 0 Å². The molecule has 6 heteroatoms. The molecule has 1 fully saturated rings. The SMILES string of the molecule is CC(C#N)Cc1nc(C2CSC(C)C(C)S2)no1. The van der Waals surface area contributed by atoms with E-state index < -0.39 is 0 Å². The van der Waals surface area contributed by atoms with Crippen LogP contribution in [-0.4, -0.2) is 26.4 Å². The minimum atomic E-state index is -0.0781. The van der Waals surface area contributed by atoms with Gasteiger partial charge in [0.2, 0.25) is 5.89 Å². The summed E-state index contributed by atoms with van der Waals surface area (Å²) in [6, 6.07) is 2.18. The predicted octanol–water partition coefficient (Wildman–Crippen LogP) is 3.07. The first-order valence-electron chi connectivity index (χ1n) is 6.09. The lowest BCUT2D eigenvalue weighted by Gasteiger charge is -2.29. The molecule has 4 nitrogen and oxygen atoms in total. The van der Waals surface area contributed by atoms with E-state index in [0.717, 1.165) is 11.6 Å². The summed E-state index contributed by atoms with van der Waals surface area (Å²) in [7, 11) is 0. The highest BCUT2D eigenvalue weighted by Gasteiger charge is 2.29. The average Bonchev–Trinajstić information content (AvgIpc) is 2.81. The molecule has 0 amide bonds. The highest BCUT2D eigenvalue weighted by Crippen LogP contribution is 2.43. The van der Waals surface area contributed by atoms with E-state index in [2.05, 4.69) is 30.1 Å². The standard InChI is InChI=1S/C12H17N3OS2/c1-7(5-13)4-11-14-12(15-16-11)10-6-17-8(2)9(3)18-10/h7-10H,4,6H2,1-3H3. The Balaban J connectivity index is 2.00. The lowest BCUT2D eigenvalue weighted by atomic mass is 10.1. The fourth-order valence-electron chi connectivity index (χ4n) is 1.71. The molecule has 0 bridgehead atoms. The number of rotatable bonds is 3. The van der Waals surface area contributed by atoms with Crippen LogP contribution in [0.4, 0.5) is 0 Å². The molecule has 1 aromatic rings. The molecule has 1 saturated heterocycles. The molecule has 0 aromatic carbocycles. The van der Waals surface area contributed by atoms with Crippen molar-refractivity contribution in [3.63, 3.8) is 0 Å². The van der Waals surface area contributed by atoms with Gasteiger partial charge in [-0.25, -0.2) is 0 Å².